The highest BCUT2D eigenvalue weighted by Crippen LogP contribution is 2.18. The van der Waals surface area contributed by atoms with Crippen molar-refractivity contribution in [3.05, 3.63) is 24.3 Å². The summed E-state index contributed by atoms with van der Waals surface area (Å²) >= 11 is 0. The first-order valence-corrected chi connectivity index (χ1v) is 10.8. The number of primary sulfonamides is 1. The van der Waals surface area contributed by atoms with E-state index in [-0.39, 0.29) is 18.7 Å². The number of benzene rings is 1. The third-order valence-electron chi connectivity index (χ3n) is 2.43. The van der Waals surface area contributed by atoms with Gasteiger partial charge in [0.15, 0.2) is 0 Å². The van der Waals surface area contributed by atoms with Crippen molar-refractivity contribution in [2.75, 3.05) is 18.6 Å². The molecule has 120 valence electrons. The Hall–Kier alpha value is -1.01. The Bertz CT molecular complexity index is 812. The van der Waals surface area contributed by atoms with Gasteiger partial charge in [-0.25, -0.2) is 35.1 Å². The maximum absolute atomic E-state index is 12.0. The minimum Gasteiger partial charge on any atom is -0.229 e. The lowest BCUT2D eigenvalue weighted by Crippen LogP contribution is -2.28. The smallest absolute Gasteiger partial charge is 0.229 e. The molecule has 0 heterocycles. The highest BCUT2D eigenvalue weighted by molar-refractivity contribution is 7.92. The molecule has 0 radical (unpaired) electrons. The summed E-state index contributed by atoms with van der Waals surface area (Å²) in [5, 5.41) is 4.97. The number of nitrogens with two attached hydrogens (primary N) is 1. The van der Waals surface area contributed by atoms with Crippen molar-refractivity contribution in [2.45, 2.75) is 16.2 Å². The molecule has 8 nitrogen and oxygen atoms in total. The lowest BCUT2D eigenvalue weighted by atomic mass is 10.4. The van der Waals surface area contributed by atoms with Crippen molar-refractivity contribution < 1.29 is 25.3 Å². The van der Waals surface area contributed by atoms with E-state index >= 15 is 0 Å². The topological polar surface area (TPSA) is 140 Å². The predicted molar refractivity (Wildman–Crippen MR) is 77.3 cm³/mol. The summed E-state index contributed by atoms with van der Waals surface area (Å²) in [5.74, 6) is -0.174. The lowest BCUT2D eigenvalue weighted by Gasteiger charge is -2.09. The van der Waals surface area contributed by atoms with Crippen molar-refractivity contribution in [3.63, 3.8) is 0 Å². The molecule has 0 atom stereocenters. The lowest BCUT2D eigenvalue weighted by molar-refractivity contribution is 0.571. The summed E-state index contributed by atoms with van der Waals surface area (Å²) in [4.78, 5) is -0.979. The van der Waals surface area contributed by atoms with Crippen LogP contribution >= 0.6 is 0 Å². The van der Waals surface area contributed by atoms with Crippen molar-refractivity contribution in [1.29, 1.82) is 0 Å². The molecule has 0 unspecified atom stereocenters. The molecule has 0 saturated carbocycles. The van der Waals surface area contributed by atoms with E-state index in [0.717, 1.165) is 18.4 Å². The average molecular weight is 356 g/mol. The Kier molecular flexibility index (Phi) is 5.50. The maximum Gasteiger partial charge on any atom is 0.241 e. The van der Waals surface area contributed by atoms with E-state index in [4.69, 9.17) is 5.14 Å². The Morgan fingerprint density at radius 2 is 1.52 bits per heavy atom. The molecule has 0 aliphatic heterocycles. The summed E-state index contributed by atoms with van der Waals surface area (Å²) in [6.07, 6.45) is 1.12. The molecule has 0 aliphatic rings. The van der Waals surface area contributed by atoms with Crippen molar-refractivity contribution in [1.82, 2.24) is 4.72 Å². The first-order valence-electron chi connectivity index (χ1n) is 5.73. The highest BCUT2D eigenvalue weighted by Gasteiger charge is 2.23. The fourth-order valence-electron chi connectivity index (χ4n) is 1.53. The van der Waals surface area contributed by atoms with Crippen LogP contribution in [0.15, 0.2) is 34.1 Å². The number of rotatable bonds is 7. The SMILES string of the molecule is CS(=O)(=O)CCCNS(=O)(=O)c1ccccc1S(N)(=O)=O. The van der Waals surface area contributed by atoms with Crippen molar-refractivity contribution >= 4 is 29.9 Å². The molecule has 0 amide bonds. The standard InChI is InChI=1S/C10H16N2O6S3/c1-19(13,14)8-4-7-12-21(17,18)10-6-3-2-5-9(10)20(11,15)16/h2-3,5-6,12H,4,7-8H2,1H3,(H2,11,15,16). The van der Waals surface area contributed by atoms with E-state index in [9.17, 15) is 25.3 Å². The van der Waals surface area contributed by atoms with Gasteiger partial charge in [0.1, 0.15) is 19.6 Å². The van der Waals surface area contributed by atoms with Gasteiger partial charge in [0.05, 0.1) is 5.75 Å². The first kappa shape index (κ1) is 18.0. The predicted octanol–water partition coefficient (Wildman–Crippen LogP) is -0.953. The minimum absolute atomic E-state index is 0.0790. The van der Waals surface area contributed by atoms with Crippen LogP contribution in [0.3, 0.4) is 0 Å². The van der Waals surface area contributed by atoms with Gasteiger partial charge in [0.2, 0.25) is 20.0 Å². The molecule has 0 aromatic heterocycles. The van der Waals surface area contributed by atoms with Crippen molar-refractivity contribution in [3.8, 4) is 0 Å². The largest absolute Gasteiger partial charge is 0.241 e. The normalized spacial score (nSPS) is 13.2. The third kappa shape index (κ3) is 5.71. The maximum atomic E-state index is 12.0. The number of sulfonamides is 2. The van der Waals surface area contributed by atoms with Gasteiger partial charge in [0.25, 0.3) is 0 Å². The summed E-state index contributed by atoms with van der Waals surface area (Å²) in [7, 11) is -11.5. The van der Waals surface area contributed by atoms with Crippen LogP contribution in [0.4, 0.5) is 0 Å². The van der Waals surface area contributed by atoms with E-state index in [2.05, 4.69) is 4.72 Å². The molecule has 0 spiro atoms. The van der Waals surface area contributed by atoms with Crippen LogP contribution in [0.5, 0.6) is 0 Å². The summed E-state index contributed by atoms with van der Waals surface area (Å²) in [5.41, 5.74) is 0. The fourth-order valence-corrected chi connectivity index (χ4v) is 4.65. The van der Waals surface area contributed by atoms with Gasteiger partial charge in [-0.1, -0.05) is 12.1 Å². The van der Waals surface area contributed by atoms with Gasteiger partial charge in [0, 0.05) is 12.8 Å². The van der Waals surface area contributed by atoms with Crippen LogP contribution in [0, 0.1) is 0 Å². The van der Waals surface area contributed by atoms with Gasteiger partial charge in [-0.3, -0.25) is 0 Å². The molecule has 11 heteroatoms. The molecule has 0 fully saturated rings. The zero-order chi connectivity index (χ0) is 16.3. The molecular weight excluding hydrogens is 340 g/mol. The number of hydrogen-bond acceptors (Lipinski definition) is 6. The Balaban J connectivity index is 2.95. The van der Waals surface area contributed by atoms with Crippen LogP contribution in [0.2, 0.25) is 0 Å². The van der Waals surface area contributed by atoms with E-state index < -0.39 is 39.7 Å². The molecule has 1 aromatic rings. The molecule has 0 bridgehead atoms. The summed E-state index contributed by atoms with van der Waals surface area (Å²) < 4.78 is 70.8. The van der Waals surface area contributed by atoms with Crippen LogP contribution in [0.1, 0.15) is 6.42 Å². The van der Waals surface area contributed by atoms with Gasteiger partial charge in [-0.15, -0.1) is 0 Å². The second kappa shape index (κ2) is 6.40. The van der Waals surface area contributed by atoms with E-state index in [1.807, 2.05) is 0 Å². The monoisotopic (exact) mass is 356 g/mol. The van der Waals surface area contributed by atoms with Crippen LogP contribution < -0.4 is 9.86 Å². The van der Waals surface area contributed by atoms with Crippen LogP contribution in [-0.2, 0) is 29.9 Å². The second-order valence-corrected chi connectivity index (χ2v) is 9.90. The Morgan fingerprint density at radius 1 is 1.00 bits per heavy atom. The fraction of sp³-hybridized carbons (Fsp3) is 0.400. The van der Waals surface area contributed by atoms with E-state index in [0.29, 0.717) is 0 Å². The Morgan fingerprint density at radius 3 is 2.00 bits per heavy atom. The first-order chi connectivity index (χ1) is 9.43. The van der Waals surface area contributed by atoms with Gasteiger partial charge >= 0.3 is 0 Å². The van der Waals surface area contributed by atoms with Crippen LogP contribution in [0.25, 0.3) is 0 Å². The van der Waals surface area contributed by atoms with Gasteiger partial charge in [-0.2, -0.15) is 0 Å². The molecular formula is C10H16N2O6S3. The number of hydrogen-bond donors (Lipinski definition) is 2. The quantitative estimate of drug-likeness (QED) is 0.603. The third-order valence-corrected chi connectivity index (χ3v) is 6.08. The highest BCUT2D eigenvalue weighted by atomic mass is 32.2. The van der Waals surface area contributed by atoms with Gasteiger partial charge in [-0.05, 0) is 18.6 Å². The van der Waals surface area contributed by atoms with Crippen molar-refractivity contribution in [2.24, 2.45) is 5.14 Å². The minimum atomic E-state index is -4.19. The number of nitrogens with one attached hydrogen (secondary N) is 1. The van der Waals surface area contributed by atoms with E-state index in [1.165, 1.54) is 12.1 Å². The number of sulfone groups is 1. The molecule has 0 aliphatic carbocycles. The van der Waals surface area contributed by atoms with E-state index in [1.54, 1.807) is 0 Å². The zero-order valence-corrected chi connectivity index (χ0v) is 13.6. The molecule has 1 aromatic carbocycles. The second-order valence-electron chi connectivity index (χ2n) is 4.37. The Labute approximate surface area is 124 Å². The summed E-state index contributed by atoms with van der Waals surface area (Å²) in [6.45, 7) is -0.131. The van der Waals surface area contributed by atoms with Gasteiger partial charge < -0.3 is 0 Å². The average Bonchev–Trinajstić information content (AvgIpc) is 2.33. The molecule has 1 rings (SSSR count). The van der Waals surface area contributed by atoms with Crippen LogP contribution in [-0.4, -0.2) is 43.8 Å². The zero-order valence-electron chi connectivity index (χ0n) is 11.2. The molecule has 21 heavy (non-hydrogen) atoms. The molecule has 0 saturated heterocycles. The summed E-state index contributed by atoms with van der Waals surface area (Å²) in [6, 6.07) is 4.90. The molecule has 3 N–H and O–H groups in total.